The van der Waals surface area contributed by atoms with Crippen molar-refractivity contribution < 1.29 is 32.5 Å². The number of alkyl halides is 3. The second-order valence-electron chi connectivity index (χ2n) is 11.5. The summed E-state index contributed by atoms with van der Waals surface area (Å²) in [4.78, 5) is 15.3. The van der Waals surface area contributed by atoms with Crippen molar-refractivity contribution in [3.63, 3.8) is 0 Å². The van der Waals surface area contributed by atoms with E-state index in [9.17, 15) is 23.1 Å². The van der Waals surface area contributed by atoms with Crippen LogP contribution in [0.1, 0.15) is 82.6 Å². The number of likely N-dealkylation sites (tertiary alicyclic amines) is 1. The number of piperidine rings is 1. The Labute approximate surface area is 231 Å². The number of amides is 1. The maximum atomic E-state index is 13.5. The molecule has 0 radical (unpaired) electrons. The fraction of sp³-hybridized carbons (Fsp3) is 0.767. The molecular formula is C30H47F3N2O4. The van der Waals surface area contributed by atoms with Crippen molar-refractivity contribution in [1.82, 2.24) is 10.2 Å². The van der Waals surface area contributed by atoms with Gasteiger partial charge in [-0.15, -0.1) is 13.2 Å². The summed E-state index contributed by atoms with van der Waals surface area (Å²) in [6.45, 7) is 2.20. The van der Waals surface area contributed by atoms with Crippen molar-refractivity contribution >= 4 is 5.91 Å². The molecule has 6 nitrogen and oxygen atoms in total. The standard InChI is InChI=1S/C30H47F3N2O4/c1-34-21-24(19-23-11-4-3-5-12-23)20-28(36)35-17-10-13-25(22-35)29(37,16-8-9-18-38-2)26-14-6-7-15-27(26)39-30(31,32)33/h6-7,14-15,23-25,34,37H,3-5,8-13,16-22H2,1-2H3/t24-,25-,29+/m1/s1. The number of nitrogens with one attached hydrogen (secondary N) is 1. The summed E-state index contributed by atoms with van der Waals surface area (Å²) in [5.41, 5.74) is -1.44. The van der Waals surface area contributed by atoms with E-state index in [1.807, 2.05) is 11.9 Å². The summed E-state index contributed by atoms with van der Waals surface area (Å²) in [6.07, 6.45) is 5.71. The molecule has 1 aromatic carbocycles. The molecule has 39 heavy (non-hydrogen) atoms. The molecule has 9 heteroatoms. The van der Waals surface area contributed by atoms with Gasteiger partial charge in [0.25, 0.3) is 0 Å². The van der Waals surface area contributed by atoms with Gasteiger partial charge in [-0.3, -0.25) is 4.79 Å². The summed E-state index contributed by atoms with van der Waals surface area (Å²) >= 11 is 0. The van der Waals surface area contributed by atoms with Crippen LogP contribution in [0.5, 0.6) is 5.75 Å². The van der Waals surface area contributed by atoms with Gasteiger partial charge in [-0.2, -0.15) is 0 Å². The van der Waals surface area contributed by atoms with E-state index in [4.69, 9.17) is 4.74 Å². The van der Waals surface area contributed by atoms with Crippen LogP contribution < -0.4 is 10.1 Å². The van der Waals surface area contributed by atoms with Gasteiger partial charge in [0, 0.05) is 44.7 Å². The van der Waals surface area contributed by atoms with Gasteiger partial charge in [0.05, 0.1) is 5.60 Å². The van der Waals surface area contributed by atoms with Crippen LogP contribution >= 0.6 is 0 Å². The number of para-hydroxylation sites is 1. The third kappa shape index (κ3) is 9.64. The van der Waals surface area contributed by atoms with Crippen LogP contribution in [0.2, 0.25) is 0 Å². The van der Waals surface area contributed by atoms with Crippen molar-refractivity contribution in [1.29, 1.82) is 0 Å². The third-order valence-electron chi connectivity index (χ3n) is 8.53. The molecule has 1 saturated heterocycles. The molecule has 1 heterocycles. The Morgan fingerprint density at radius 2 is 1.87 bits per heavy atom. The number of halogens is 3. The molecule has 1 aromatic rings. The third-order valence-corrected chi connectivity index (χ3v) is 8.53. The molecule has 0 aromatic heterocycles. The topological polar surface area (TPSA) is 71.0 Å². The lowest BCUT2D eigenvalue weighted by Crippen LogP contribution is -2.49. The fourth-order valence-corrected chi connectivity index (χ4v) is 6.63. The summed E-state index contributed by atoms with van der Waals surface area (Å²) in [7, 11) is 3.51. The number of unbranched alkanes of at least 4 members (excludes halogenated alkanes) is 1. The van der Waals surface area contributed by atoms with E-state index in [-0.39, 0.29) is 29.6 Å². The highest BCUT2D eigenvalue weighted by molar-refractivity contribution is 5.76. The van der Waals surface area contributed by atoms with Crippen LogP contribution in [-0.2, 0) is 15.1 Å². The molecule has 1 aliphatic heterocycles. The number of benzene rings is 1. The van der Waals surface area contributed by atoms with Crippen LogP contribution in [0, 0.1) is 17.8 Å². The molecule has 2 N–H and O–H groups in total. The maximum Gasteiger partial charge on any atom is 0.573 e. The molecular weight excluding hydrogens is 509 g/mol. The molecule has 3 rings (SSSR count). The molecule has 0 spiro atoms. The Balaban J connectivity index is 1.77. The fourth-order valence-electron chi connectivity index (χ4n) is 6.63. The number of aliphatic hydroxyl groups is 1. The Bertz CT molecular complexity index is 878. The quantitative estimate of drug-likeness (QED) is 0.274. The SMILES string of the molecule is CNC[C@@H](CC(=O)N1CCC[C@@H]([C@@](O)(CCCCOC)c2ccccc2OC(F)(F)F)C1)CC1CCCCC1. The van der Waals surface area contributed by atoms with Gasteiger partial charge in [-0.1, -0.05) is 50.3 Å². The van der Waals surface area contributed by atoms with Crippen molar-refractivity contribution in [2.45, 2.75) is 89.0 Å². The second-order valence-corrected chi connectivity index (χ2v) is 11.5. The number of ether oxygens (including phenoxy) is 2. The van der Waals surface area contributed by atoms with E-state index in [2.05, 4.69) is 10.1 Å². The lowest BCUT2D eigenvalue weighted by Gasteiger charge is -2.43. The Hall–Kier alpha value is -1.84. The zero-order valence-electron chi connectivity index (χ0n) is 23.6. The highest BCUT2D eigenvalue weighted by Crippen LogP contribution is 2.44. The zero-order valence-corrected chi connectivity index (χ0v) is 23.6. The molecule has 2 fully saturated rings. The van der Waals surface area contributed by atoms with E-state index in [0.29, 0.717) is 57.7 Å². The largest absolute Gasteiger partial charge is 0.573 e. The average molecular weight is 557 g/mol. The smallest absolute Gasteiger partial charge is 0.405 e. The number of hydrogen-bond donors (Lipinski definition) is 2. The van der Waals surface area contributed by atoms with Crippen molar-refractivity contribution in [2.24, 2.45) is 17.8 Å². The number of rotatable bonds is 14. The van der Waals surface area contributed by atoms with Gasteiger partial charge >= 0.3 is 6.36 Å². The van der Waals surface area contributed by atoms with Crippen LogP contribution in [0.15, 0.2) is 24.3 Å². The van der Waals surface area contributed by atoms with Gasteiger partial charge in [0.1, 0.15) is 5.75 Å². The van der Waals surface area contributed by atoms with Gasteiger partial charge in [0.2, 0.25) is 5.91 Å². The Kier molecular flexibility index (Phi) is 12.4. The van der Waals surface area contributed by atoms with Crippen molar-refractivity contribution in [2.75, 3.05) is 40.4 Å². The molecule has 3 atom stereocenters. The normalized spacial score (nSPS) is 21.4. The summed E-state index contributed by atoms with van der Waals surface area (Å²) in [5, 5.41) is 15.4. The predicted octanol–water partition coefficient (Wildman–Crippen LogP) is 6.02. The summed E-state index contributed by atoms with van der Waals surface area (Å²) in [6, 6.07) is 5.87. The summed E-state index contributed by atoms with van der Waals surface area (Å²) < 4.78 is 49.2. The van der Waals surface area contributed by atoms with Gasteiger partial charge in [0.15, 0.2) is 0 Å². The predicted molar refractivity (Wildman–Crippen MR) is 145 cm³/mol. The maximum absolute atomic E-state index is 13.5. The lowest BCUT2D eigenvalue weighted by molar-refractivity contribution is -0.275. The zero-order chi connectivity index (χ0) is 28.3. The molecule has 2 aliphatic rings. The average Bonchev–Trinajstić information content (AvgIpc) is 2.91. The first-order valence-electron chi connectivity index (χ1n) is 14.6. The van der Waals surface area contributed by atoms with E-state index in [0.717, 1.165) is 13.0 Å². The first-order chi connectivity index (χ1) is 18.7. The van der Waals surface area contributed by atoms with Crippen LogP contribution in [0.3, 0.4) is 0 Å². The second kappa shape index (κ2) is 15.2. The number of carbonyl (C=O) groups is 1. The van der Waals surface area contributed by atoms with Crippen molar-refractivity contribution in [3.8, 4) is 5.75 Å². The molecule has 1 aliphatic carbocycles. The van der Waals surface area contributed by atoms with Crippen LogP contribution in [0.25, 0.3) is 0 Å². The number of hydrogen-bond acceptors (Lipinski definition) is 5. The van der Waals surface area contributed by atoms with Gasteiger partial charge in [-0.05, 0) is 70.0 Å². The first-order valence-corrected chi connectivity index (χ1v) is 14.6. The highest BCUT2D eigenvalue weighted by atomic mass is 19.4. The molecule has 222 valence electrons. The minimum atomic E-state index is -4.87. The minimum absolute atomic E-state index is 0.0670. The minimum Gasteiger partial charge on any atom is -0.405 e. The molecule has 1 amide bonds. The molecule has 1 saturated carbocycles. The first kappa shape index (κ1) is 31.7. The van der Waals surface area contributed by atoms with Gasteiger partial charge in [-0.25, -0.2) is 0 Å². The van der Waals surface area contributed by atoms with Crippen molar-refractivity contribution in [3.05, 3.63) is 29.8 Å². The highest BCUT2D eigenvalue weighted by Gasteiger charge is 2.44. The monoisotopic (exact) mass is 556 g/mol. The number of methoxy groups -OCH3 is 1. The molecule has 0 unspecified atom stereocenters. The lowest BCUT2D eigenvalue weighted by atomic mass is 9.73. The van der Waals surface area contributed by atoms with E-state index < -0.39 is 17.9 Å². The van der Waals surface area contributed by atoms with E-state index in [1.54, 1.807) is 13.2 Å². The Morgan fingerprint density at radius 1 is 1.13 bits per heavy atom. The molecule has 0 bridgehead atoms. The number of nitrogens with zero attached hydrogens (tertiary/aromatic N) is 1. The number of carbonyl (C=O) groups excluding carboxylic acids is 1. The van der Waals surface area contributed by atoms with E-state index in [1.165, 1.54) is 50.3 Å². The summed E-state index contributed by atoms with van der Waals surface area (Å²) in [5.74, 6) is 0.194. The van der Waals surface area contributed by atoms with Crippen LogP contribution in [-0.4, -0.2) is 62.7 Å². The van der Waals surface area contributed by atoms with Crippen LogP contribution in [0.4, 0.5) is 13.2 Å². The van der Waals surface area contributed by atoms with Gasteiger partial charge < -0.3 is 24.8 Å². The van der Waals surface area contributed by atoms with E-state index >= 15 is 0 Å². The Morgan fingerprint density at radius 3 is 2.56 bits per heavy atom.